The van der Waals surface area contributed by atoms with Crippen molar-refractivity contribution in [2.24, 2.45) is 0 Å². The molecule has 1 aliphatic carbocycles. The number of anilines is 1. The van der Waals surface area contributed by atoms with Crippen molar-refractivity contribution in [1.29, 1.82) is 0 Å². The summed E-state index contributed by atoms with van der Waals surface area (Å²) in [6.45, 7) is 0. The first-order valence-corrected chi connectivity index (χ1v) is 12.8. The van der Waals surface area contributed by atoms with Crippen molar-refractivity contribution in [3.8, 4) is 10.6 Å². The third-order valence-electron chi connectivity index (χ3n) is 6.16. The van der Waals surface area contributed by atoms with E-state index < -0.39 is 40.6 Å². The van der Waals surface area contributed by atoms with Crippen molar-refractivity contribution in [2.45, 2.75) is 36.9 Å². The van der Waals surface area contributed by atoms with E-state index in [1.165, 1.54) is 17.0 Å². The average molecular weight is 557 g/mol. The van der Waals surface area contributed by atoms with Gasteiger partial charge in [-0.1, -0.05) is 29.4 Å². The Morgan fingerprint density at radius 1 is 1.24 bits per heavy atom. The summed E-state index contributed by atoms with van der Waals surface area (Å²) in [7, 11) is 3.33. The molecular formula is C23H21F3N3O6S2-. The molecule has 9 nitrogen and oxygen atoms in total. The molecule has 14 heteroatoms. The highest BCUT2D eigenvalue weighted by Crippen LogP contribution is 2.58. The minimum Gasteiger partial charge on any atom is -0.755 e. The summed E-state index contributed by atoms with van der Waals surface area (Å²) < 4.78 is 68.1. The number of benzene rings is 1. The van der Waals surface area contributed by atoms with E-state index in [-0.39, 0.29) is 27.9 Å². The monoisotopic (exact) mass is 556 g/mol. The van der Waals surface area contributed by atoms with Crippen LogP contribution in [0.4, 0.5) is 18.2 Å². The van der Waals surface area contributed by atoms with Crippen LogP contribution in [0.25, 0.3) is 10.6 Å². The molecular weight excluding hydrogens is 535 g/mol. The molecule has 1 aromatic carbocycles. The van der Waals surface area contributed by atoms with Crippen molar-refractivity contribution in [2.75, 3.05) is 18.4 Å². The fourth-order valence-electron chi connectivity index (χ4n) is 4.09. The third kappa shape index (κ3) is 5.26. The highest BCUT2D eigenvalue weighted by molar-refractivity contribution is 7.81. The Balaban J connectivity index is 1.58. The first kappa shape index (κ1) is 26.8. The highest BCUT2D eigenvalue weighted by Gasteiger charge is 2.66. The van der Waals surface area contributed by atoms with Gasteiger partial charge in [0, 0.05) is 43.8 Å². The number of carboxylic acid groups (broad SMARTS) is 1. The van der Waals surface area contributed by atoms with E-state index in [9.17, 15) is 36.6 Å². The number of halogens is 3. The molecule has 37 heavy (non-hydrogen) atoms. The quantitative estimate of drug-likeness (QED) is 0.394. The van der Waals surface area contributed by atoms with Crippen molar-refractivity contribution >= 4 is 39.5 Å². The molecule has 3 atom stereocenters. The predicted molar refractivity (Wildman–Crippen MR) is 127 cm³/mol. The molecule has 1 amide bonds. The number of hydrogen-bond donors (Lipinski definition) is 1. The lowest BCUT2D eigenvalue weighted by Crippen LogP contribution is -2.46. The number of aliphatic carboxylic acids is 1. The van der Waals surface area contributed by atoms with Crippen LogP contribution in [-0.2, 0) is 33.5 Å². The van der Waals surface area contributed by atoms with Crippen LogP contribution in [0.3, 0.4) is 0 Å². The van der Waals surface area contributed by atoms with Gasteiger partial charge in [0.1, 0.15) is 10.7 Å². The van der Waals surface area contributed by atoms with Crippen molar-refractivity contribution in [1.82, 2.24) is 10.1 Å². The largest absolute Gasteiger partial charge is 0.755 e. The molecule has 198 valence electrons. The summed E-state index contributed by atoms with van der Waals surface area (Å²) in [6, 6.07) is 10.3. The Hall–Kier alpha value is -3.23. The first-order valence-electron chi connectivity index (χ1n) is 10.9. The van der Waals surface area contributed by atoms with Gasteiger partial charge < -0.3 is 19.1 Å². The molecule has 3 aromatic rings. The lowest BCUT2D eigenvalue weighted by atomic mass is 10.0. The van der Waals surface area contributed by atoms with Crippen molar-refractivity contribution in [3.05, 3.63) is 59.4 Å². The normalized spacial score (nSPS) is 19.9. The van der Waals surface area contributed by atoms with Gasteiger partial charge >= 0.3 is 12.1 Å². The van der Waals surface area contributed by atoms with Crippen LogP contribution < -0.4 is 4.31 Å². The van der Waals surface area contributed by atoms with Crippen LogP contribution in [0, 0.1) is 0 Å². The van der Waals surface area contributed by atoms with Gasteiger partial charge in [-0.25, -0.2) is 4.79 Å². The predicted octanol–water partition coefficient (Wildman–Crippen LogP) is 4.05. The Morgan fingerprint density at radius 3 is 2.46 bits per heavy atom. The molecule has 2 aromatic heterocycles. The van der Waals surface area contributed by atoms with Gasteiger partial charge in [-0.15, -0.1) is 11.3 Å². The second kappa shape index (κ2) is 9.91. The summed E-state index contributed by atoms with van der Waals surface area (Å²) in [4.78, 5) is 25.9. The van der Waals surface area contributed by atoms with Gasteiger partial charge in [0.15, 0.2) is 5.54 Å². The molecule has 1 saturated carbocycles. The van der Waals surface area contributed by atoms with E-state index in [2.05, 4.69) is 9.68 Å². The molecule has 0 saturated heterocycles. The van der Waals surface area contributed by atoms with Crippen LogP contribution in [0.2, 0.25) is 0 Å². The molecule has 0 radical (unpaired) electrons. The highest BCUT2D eigenvalue weighted by atomic mass is 32.2. The van der Waals surface area contributed by atoms with Crippen LogP contribution >= 0.6 is 11.3 Å². The number of carbonyl (C=O) groups excluding carboxylic acids is 1. The minimum absolute atomic E-state index is 0.00416. The van der Waals surface area contributed by atoms with E-state index in [0.717, 1.165) is 21.2 Å². The molecule has 0 spiro atoms. The number of carbonyl (C=O) groups is 2. The first-order chi connectivity index (χ1) is 17.3. The summed E-state index contributed by atoms with van der Waals surface area (Å²) >= 11 is -2.21. The van der Waals surface area contributed by atoms with Crippen LogP contribution in [0.5, 0.6) is 0 Å². The molecule has 2 heterocycles. The van der Waals surface area contributed by atoms with E-state index >= 15 is 0 Å². The van der Waals surface area contributed by atoms with Gasteiger partial charge in [0.25, 0.3) is 0 Å². The SMILES string of the molecule is CN(C)C(=O)CCc1ccc(C2CC2(C(=O)O)N(c2ccc(-c3cc(C(F)(F)F)on3)s2)S(=O)[O-])cc1. The van der Waals surface area contributed by atoms with Gasteiger partial charge in [-0.05, 0) is 36.1 Å². The average Bonchev–Trinajstić information content (AvgIpc) is 3.15. The van der Waals surface area contributed by atoms with Gasteiger partial charge in [-0.3, -0.25) is 13.3 Å². The van der Waals surface area contributed by atoms with Crippen LogP contribution in [0.1, 0.15) is 35.6 Å². The Morgan fingerprint density at radius 2 is 1.92 bits per heavy atom. The molecule has 1 aliphatic rings. The Kier molecular flexibility index (Phi) is 7.18. The topological polar surface area (TPSA) is 127 Å². The van der Waals surface area contributed by atoms with Gasteiger partial charge in [-0.2, -0.15) is 13.2 Å². The number of rotatable bonds is 9. The minimum atomic E-state index is -4.74. The van der Waals surface area contributed by atoms with E-state index in [1.54, 1.807) is 38.4 Å². The number of aryl methyl sites for hydroxylation is 1. The molecule has 4 rings (SSSR count). The number of thiophene rings is 1. The third-order valence-corrected chi connectivity index (χ3v) is 8.19. The summed E-state index contributed by atoms with van der Waals surface area (Å²) in [6.07, 6.45) is -3.92. The number of carboxylic acids is 1. The standard InChI is InChI=1S/C23H22F3N3O6S2/c1-28(2)19(30)9-5-13-3-6-14(7-4-13)15-12-22(15,21(31)32)29(37(33)34)20-10-8-17(36-20)16-11-18(35-27-16)23(24,25)26/h3-4,6-8,10-11,15H,5,9,12H2,1-2H3,(H,31,32)(H,33,34)/p-1. The Bertz CT molecular complexity index is 1340. The van der Waals surface area contributed by atoms with Gasteiger partial charge in [0.05, 0.1) is 4.88 Å². The molecule has 1 fully saturated rings. The van der Waals surface area contributed by atoms with Crippen molar-refractivity contribution in [3.63, 3.8) is 0 Å². The lowest BCUT2D eigenvalue weighted by Gasteiger charge is -2.32. The summed E-state index contributed by atoms with van der Waals surface area (Å²) in [5.74, 6) is -3.34. The maximum absolute atomic E-state index is 12.8. The van der Waals surface area contributed by atoms with Crippen molar-refractivity contribution < 1.29 is 41.2 Å². The molecule has 3 unspecified atom stereocenters. The smallest absolute Gasteiger partial charge is 0.452 e. The van der Waals surface area contributed by atoms with Gasteiger partial charge in [0.2, 0.25) is 11.7 Å². The number of amides is 1. The Labute approximate surface area is 215 Å². The summed E-state index contributed by atoms with van der Waals surface area (Å²) in [5, 5.41) is 13.5. The zero-order chi connectivity index (χ0) is 27.1. The zero-order valence-electron chi connectivity index (χ0n) is 19.5. The van der Waals surface area contributed by atoms with E-state index in [0.29, 0.717) is 24.5 Å². The fraction of sp³-hybridized carbons (Fsp3) is 0.348. The fourth-order valence-corrected chi connectivity index (χ4v) is 6.08. The summed E-state index contributed by atoms with van der Waals surface area (Å²) in [5.41, 5.74) is -0.458. The second-order valence-electron chi connectivity index (χ2n) is 8.74. The molecule has 0 bridgehead atoms. The maximum Gasteiger partial charge on any atom is 0.452 e. The van der Waals surface area contributed by atoms with E-state index in [1.807, 2.05) is 0 Å². The van der Waals surface area contributed by atoms with Crippen LogP contribution in [-0.4, -0.2) is 55.4 Å². The van der Waals surface area contributed by atoms with Crippen LogP contribution in [0.15, 0.2) is 47.0 Å². The number of nitrogens with zero attached hydrogens (tertiary/aromatic N) is 3. The molecule has 0 aliphatic heterocycles. The maximum atomic E-state index is 12.8. The number of aromatic nitrogens is 1. The second-order valence-corrected chi connectivity index (χ2v) is 10.6. The number of hydrogen-bond acceptors (Lipinski definition) is 7. The van der Waals surface area contributed by atoms with E-state index in [4.69, 9.17) is 0 Å². The lowest BCUT2D eigenvalue weighted by molar-refractivity contribution is -0.155. The zero-order valence-corrected chi connectivity index (χ0v) is 21.2. The molecule has 1 N–H and O–H groups in total. The number of alkyl halides is 3.